The van der Waals surface area contributed by atoms with Crippen molar-refractivity contribution >= 4 is 56.1 Å². The summed E-state index contributed by atoms with van der Waals surface area (Å²) in [5, 5.41) is 2.16. The second-order valence-electron chi connectivity index (χ2n) is 14.9. The minimum absolute atomic E-state index is 0.0937. The first-order chi connectivity index (χ1) is 30.8. The Morgan fingerprint density at radius 3 is 1.60 bits per heavy atom. The molecule has 9 aromatic carbocycles. The number of furan rings is 1. The standard InChI is InChI=1S/C55H36N2O/c1-4-16-37(17-5-1)56(38-18-6-2-7-19-38)40-30-33-51-48(34-40)44-23-11-14-26-50(44)55(51)49-25-13-10-22-43(49)45-31-28-41(35-52(45)55)57(39-20-8-3-9-21-39)42-29-32-47-46-24-12-15-27-53(46)58-54(47)36-42/h1-36H/i1D,4D,5D,16D,17D. The maximum atomic E-state index is 9.05. The van der Waals surface area contributed by atoms with Crippen molar-refractivity contribution in [3.05, 3.63) is 241 Å². The molecule has 3 heteroatoms. The lowest BCUT2D eigenvalue weighted by Gasteiger charge is -2.32. The predicted molar refractivity (Wildman–Crippen MR) is 239 cm³/mol. The Kier molecular flexibility index (Phi) is 6.11. The highest BCUT2D eigenvalue weighted by atomic mass is 16.3. The summed E-state index contributed by atoms with van der Waals surface area (Å²) in [5.41, 5.74) is 14.5. The fourth-order valence-corrected chi connectivity index (χ4v) is 9.62. The number of anilines is 6. The number of hydrogen-bond acceptors (Lipinski definition) is 3. The van der Waals surface area contributed by atoms with Gasteiger partial charge in [-0.15, -0.1) is 0 Å². The van der Waals surface area contributed by atoms with E-state index >= 15 is 0 Å². The molecule has 1 unspecified atom stereocenters. The minimum atomic E-state index is -0.689. The van der Waals surface area contributed by atoms with Crippen LogP contribution in [-0.4, -0.2) is 0 Å². The van der Waals surface area contributed by atoms with E-state index in [2.05, 4.69) is 132 Å². The molecule has 0 saturated carbocycles. The van der Waals surface area contributed by atoms with Gasteiger partial charge in [0.25, 0.3) is 0 Å². The van der Waals surface area contributed by atoms with Crippen molar-refractivity contribution in [2.75, 3.05) is 9.80 Å². The van der Waals surface area contributed by atoms with Crippen molar-refractivity contribution in [3.8, 4) is 22.3 Å². The molecule has 272 valence electrons. The van der Waals surface area contributed by atoms with E-state index in [1.807, 2.05) is 60.7 Å². The van der Waals surface area contributed by atoms with Gasteiger partial charge in [0.05, 0.1) is 12.3 Å². The van der Waals surface area contributed by atoms with Crippen LogP contribution in [0.15, 0.2) is 223 Å². The van der Waals surface area contributed by atoms with E-state index in [0.29, 0.717) is 11.4 Å². The van der Waals surface area contributed by atoms with E-state index in [1.165, 1.54) is 11.1 Å². The Labute approximate surface area is 344 Å². The Bertz CT molecular complexity index is 3470. The Hall–Kier alpha value is -7.62. The first-order valence-electron chi connectivity index (χ1n) is 22.0. The van der Waals surface area contributed by atoms with Gasteiger partial charge in [-0.1, -0.05) is 133 Å². The van der Waals surface area contributed by atoms with Gasteiger partial charge in [-0.3, -0.25) is 0 Å². The molecule has 2 aliphatic carbocycles. The maximum absolute atomic E-state index is 9.05. The molecule has 10 aromatic rings. The monoisotopic (exact) mass is 745 g/mol. The van der Waals surface area contributed by atoms with Crippen molar-refractivity contribution in [1.29, 1.82) is 0 Å². The number of benzene rings is 9. The molecule has 0 amide bonds. The van der Waals surface area contributed by atoms with Crippen LogP contribution >= 0.6 is 0 Å². The van der Waals surface area contributed by atoms with Gasteiger partial charge in [-0.2, -0.15) is 0 Å². The first-order valence-corrected chi connectivity index (χ1v) is 19.5. The molecular weight excluding hydrogens is 705 g/mol. The molecule has 0 fully saturated rings. The van der Waals surface area contributed by atoms with Crippen LogP contribution in [-0.2, 0) is 5.41 Å². The summed E-state index contributed by atoms with van der Waals surface area (Å²) in [6.45, 7) is 0. The average Bonchev–Trinajstić information content (AvgIpc) is 3.95. The lowest BCUT2D eigenvalue weighted by atomic mass is 9.70. The quantitative estimate of drug-likeness (QED) is 0.169. The van der Waals surface area contributed by atoms with Crippen LogP contribution in [0.1, 0.15) is 29.1 Å². The third-order valence-corrected chi connectivity index (χ3v) is 11.9. The Balaban J connectivity index is 1.09. The van der Waals surface area contributed by atoms with Crippen molar-refractivity contribution < 1.29 is 11.3 Å². The van der Waals surface area contributed by atoms with Gasteiger partial charge in [0.15, 0.2) is 0 Å². The molecule has 0 radical (unpaired) electrons. The van der Waals surface area contributed by atoms with E-state index in [9.17, 15) is 0 Å². The largest absolute Gasteiger partial charge is 0.456 e. The number of nitrogens with zero attached hydrogens (tertiary/aromatic N) is 2. The van der Waals surface area contributed by atoms with Crippen LogP contribution < -0.4 is 9.80 Å². The predicted octanol–water partition coefficient (Wildman–Crippen LogP) is 14.9. The van der Waals surface area contributed by atoms with Crippen molar-refractivity contribution in [3.63, 3.8) is 0 Å². The van der Waals surface area contributed by atoms with E-state index in [1.54, 1.807) is 4.90 Å². The van der Waals surface area contributed by atoms with E-state index in [0.717, 1.165) is 72.4 Å². The smallest absolute Gasteiger partial charge is 0.137 e. The van der Waals surface area contributed by atoms with Gasteiger partial charge in [-0.25, -0.2) is 0 Å². The normalized spacial score (nSPS) is 15.8. The van der Waals surface area contributed by atoms with Crippen molar-refractivity contribution in [2.24, 2.45) is 0 Å². The van der Waals surface area contributed by atoms with Crippen LogP contribution in [0.25, 0.3) is 44.2 Å². The fourth-order valence-electron chi connectivity index (χ4n) is 9.62. The highest BCUT2D eigenvalue weighted by molar-refractivity contribution is 6.06. The van der Waals surface area contributed by atoms with E-state index < -0.39 is 11.5 Å². The summed E-state index contributed by atoms with van der Waals surface area (Å²) in [6, 6.07) is 63.3. The molecule has 0 bridgehead atoms. The molecule has 1 aromatic heterocycles. The van der Waals surface area contributed by atoms with Gasteiger partial charge in [0, 0.05) is 51.0 Å². The fraction of sp³-hybridized carbons (Fsp3) is 0.0182. The highest BCUT2D eigenvalue weighted by Gasteiger charge is 2.52. The van der Waals surface area contributed by atoms with Crippen LogP contribution in [0.3, 0.4) is 0 Å². The van der Waals surface area contributed by atoms with Gasteiger partial charge in [0.1, 0.15) is 11.2 Å². The second-order valence-corrected chi connectivity index (χ2v) is 14.9. The molecule has 1 spiro atoms. The van der Waals surface area contributed by atoms with E-state index in [-0.39, 0.29) is 29.9 Å². The average molecular weight is 746 g/mol. The lowest BCUT2D eigenvalue weighted by Crippen LogP contribution is -2.26. The zero-order valence-corrected chi connectivity index (χ0v) is 31.2. The van der Waals surface area contributed by atoms with Crippen LogP contribution in [0.5, 0.6) is 0 Å². The Morgan fingerprint density at radius 1 is 0.345 bits per heavy atom. The van der Waals surface area contributed by atoms with E-state index in [4.69, 9.17) is 11.3 Å². The molecule has 0 saturated heterocycles. The SMILES string of the molecule is [2H]c1c([2H])c([2H])c(N(c2ccccc2)c2ccc3c(c2)-c2ccccc2C32c3ccccc3-c3ccc(N(c4ccccc4)c4ccc5c(c4)oc4ccccc45)cc32)c([2H])c1[2H]. The van der Waals surface area contributed by atoms with Crippen LogP contribution in [0.2, 0.25) is 0 Å². The topological polar surface area (TPSA) is 19.6 Å². The zero-order valence-electron chi connectivity index (χ0n) is 36.2. The third kappa shape index (κ3) is 4.68. The summed E-state index contributed by atoms with van der Waals surface area (Å²) in [5.74, 6) is 0. The molecule has 0 aliphatic heterocycles. The molecule has 2 aliphatic rings. The van der Waals surface area contributed by atoms with Crippen LogP contribution in [0, 0.1) is 0 Å². The Morgan fingerprint density at radius 2 is 0.862 bits per heavy atom. The number of fused-ring (bicyclic) bond motifs is 13. The second kappa shape index (κ2) is 12.7. The van der Waals surface area contributed by atoms with Gasteiger partial charge in [0.2, 0.25) is 0 Å². The third-order valence-electron chi connectivity index (χ3n) is 11.9. The molecule has 1 heterocycles. The molecule has 3 nitrogen and oxygen atoms in total. The zero-order chi connectivity index (χ0) is 42.6. The highest BCUT2D eigenvalue weighted by Crippen LogP contribution is 2.64. The summed E-state index contributed by atoms with van der Waals surface area (Å²) in [6.07, 6.45) is 0. The number of hydrogen-bond donors (Lipinski definition) is 0. The molecule has 0 N–H and O–H groups in total. The summed E-state index contributed by atoms with van der Waals surface area (Å²) < 4.78 is 50.1. The van der Waals surface area contributed by atoms with Crippen LogP contribution in [0.4, 0.5) is 34.1 Å². The molecular formula is C55H36N2O. The van der Waals surface area contributed by atoms with Gasteiger partial charge >= 0.3 is 0 Å². The lowest BCUT2D eigenvalue weighted by molar-refractivity contribution is 0.669. The minimum Gasteiger partial charge on any atom is -0.456 e. The van der Waals surface area contributed by atoms with Gasteiger partial charge in [-0.05, 0) is 123 Å². The molecule has 1 atom stereocenters. The number of para-hydroxylation sites is 4. The maximum Gasteiger partial charge on any atom is 0.137 e. The summed E-state index contributed by atoms with van der Waals surface area (Å²) >= 11 is 0. The molecule has 58 heavy (non-hydrogen) atoms. The number of rotatable bonds is 6. The first kappa shape index (κ1) is 27.9. The summed E-state index contributed by atoms with van der Waals surface area (Å²) in [7, 11) is 0. The summed E-state index contributed by atoms with van der Waals surface area (Å²) in [4.78, 5) is 4.09. The van der Waals surface area contributed by atoms with Crippen molar-refractivity contribution in [2.45, 2.75) is 5.41 Å². The van der Waals surface area contributed by atoms with Gasteiger partial charge < -0.3 is 14.2 Å². The molecule has 12 rings (SSSR count). The van der Waals surface area contributed by atoms with Crippen molar-refractivity contribution in [1.82, 2.24) is 0 Å².